The number of hydrogen-bond acceptors (Lipinski definition) is 5. The Kier molecular flexibility index (Phi) is 4.03. The molecule has 0 aliphatic heterocycles. The quantitative estimate of drug-likeness (QED) is 0.815. The minimum Gasteiger partial charge on any atom is -0.344 e. The molecule has 0 radical (unpaired) electrons. The first-order valence-electron chi connectivity index (χ1n) is 5.73. The highest BCUT2D eigenvalue weighted by Gasteiger charge is 2.05. The molecule has 0 aliphatic carbocycles. The van der Waals surface area contributed by atoms with Gasteiger partial charge in [0.05, 0.1) is 0 Å². The fourth-order valence-electron chi connectivity index (χ4n) is 1.72. The van der Waals surface area contributed by atoms with Crippen molar-refractivity contribution in [3.05, 3.63) is 35.4 Å². The van der Waals surface area contributed by atoms with Gasteiger partial charge in [-0.05, 0) is 22.8 Å². The molecular weight excluding hydrogens is 232 g/mol. The van der Waals surface area contributed by atoms with Crippen molar-refractivity contribution in [3.8, 4) is 0 Å². The fraction of sp³-hybridized carbons (Fsp3) is 0.417. The summed E-state index contributed by atoms with van der Waals surface area (Å²) in [6.07, 6.45) is 2.34. The van der Waals surface area contributed by atoms with Crippen molar-refractivity contribution >= 4 is 16.7 Å². The number of benzene rings is 1. The topological polar surface area (TPSA) is 41.9 Å². The summed E-state index contributed by atoms with van der Waals surface area (Å²) < 4.78 is 3.76. The average molecular weight is 248 g/mol. The Bertz CT molecular complexity index is 438. The highest BCUT2D eigenvalue weighted by molar-refractivity contribution is 7.09. The van der Waals surface area contributed by atoms with Crippen molar-refractivity contribution in [1.29, 1.82) is 0 Å². The van der Waals surface area contributed by atoms with Crippen LogP contribution in [0.15, 0.2) is 24.3 Å². The number of rotatable bonds is 5. The molecule has 4 nitrogen and oxygen atoms in total. The van der Waals surface area contributed by atoms with Crippen LogP contribution in [0.3, 0.4) is 0 Å². The third-order valence-corrected chi connectivity index (χ3v) is 3.31. The molecule has 90 valence electrons. The molecule has 5 heteroatoms. The maximum absolute atomic E-state index is 3.94. The molecule has 0 aliphatic rings. The van der Waals surface area contributed by atoms with Crippen LogP contribution in [0.4, 0.5) is 5.13 Å². The first kappa shape index (κ1) is 12.0. The second-order valence-electron chi connectivity index (χ2n) is 4.07. The molecule has 2 aromatic rings. The molecular formula is C12H16N4S. The van der Waals surface area contributed by atoms with Gasteiger partial charge in [0.2, 0.25) is 5.13 Å². The van der Waals surface area contributed by atoms with E-state index in [-0.39, 0.29) is 0 Å². The summed E-state index contributed by atoms with van der Waals surface area (Å²) >= 11 is 1.32. The predicted molar refractivity (Wildman–Crippen MR) is 70.2 cm³/mol. The van der Waals surface area contributed by atoms with E-state index in [1.807, 2.05) is 7.05 Å². The smallest absolute Gasteiger partial charge is 0.227 e. The monoisotopic (exact) mass is 248 g/mol. The first-order chi connectivity index (χ1) is 8.29. The Labute approximate surface area is 105 Å². The van der Waals surface area contributed by atoms with Gasteiger partial charge in [-0.2, -0.15) is 0 Å². The zero-order valence-corrected chi connectivity index (χ0v) is 10.9. The van der Waals surface area contributed by atoms with E-state index in [4.69, 9.17) is 0 Å². The lowest BCUT2D eigenvalue weighted by molar-refractivity contribution is 0.870. The molecule has 1 aromatic carbocycles. The average Bonchev–Trinajstić information content (AvgIpc) is 2.86. The Morgan fingerprint density at radius 2 is 1.88 bits per heavy atom. The Hall–Kier alpha value is -1.49. The zero-order chi connectivity index (χ0) is 12.1. The van der Waals surface area contributed by atoms with Gasteiger partial charge in [0.15, 0.2) is 0 Å². The van der Waals surface area contributed by atoms with Crippen LogP contribution in [0.25, 0.3) is 0 Å². The van der Waals surface area contributed by atoms with E-state index in [1.54, 1.807) is 0 Å². The zero-order valence-electron chi connectivity index (χ0n) is 10.1. The standard InChI is InChI=1S/C12H16N4S/c1-3-4-10-5-7-11(8-6-10)9-16(2)12-13-14-15-17-12/h5-8H,3-4,9H2,1-2H3. The van der Waals surface area contributed by atoms with E-state index in [2.05, 4.69) is 50.9 Å². The van der Waals surface area contributed by atoms with Crippen molar-refractivity contribution in [2.45, 2.75) is 26.3 Å². The molecule has 0 fully saturated rings. The molecule has 0 amide bonds. The van der Waals surface area contributed by atoms with E-state index in [9.17, 15) is 0 Å². The lowest BCUT2D eigenvalue weighted by atomic mass is 10.1. The van der Waals surface area contributed by atoms with Crippen LogP contribution in [-0.2, 0) is 13.0 Å². The van der Waals surface area contributed by atoms with Crippen LogP contribution >= 0.6 is 11.5 Å². The van der Waals surface area contributed by atoms with Crippen LogP contribution in [0.5, 0.6) is 0 Å². The van der Waals surface area contributed by atoms with E-state index in [1.165, 1.54) is 29.1 Å². The second-order valence-corrected chi connectivity index (χ2v) is 4.78. The molecule has 0 saturated heterocycles. The van der Waals surface area contributed by atoms with Gasteiger partial charge in [-0.25, -0.2) is 0 Å². The Morgan fingerprint density at radius 1 is 1.18 bits per heavy atom. The van der Waals surface area contributed by atoms with E-state index >= 15 is 0 Å². The summed E-state index contributed by atoms with van der Waals surface area (Å²) in [5.74, 6) is 0. The third kappa shape index (κ3) is 3.23. The molecule has 1 heterocycles. The summed E-state index contributed by atoms with van der Waals surface area (Å²) in [6.45, 7) is 3.04. The molecule has 0 bridgehead atoms. The van der Waals surface area contributed by atoms with Crippen molar-refractivity contribution in [2.75, 3.05) is 11.9 Å². The molecule has 0 spiro atoms. The van der Waals surface area contributed by atoms with Crippen molar-refractivity contribution in [2.24, 2.45) is 0 Å². The van der Waals surface area contributed by atoms with Gasteiger partial charge >= 0.3 is 0 Å². The largest absolute Gasteiger partial charge is 0.344 e. The summed E-state index contributed by atoms with van der Waals surface area (Å²) in [6, 6.07) is 8.75. The number of anilines is 1. The van der Waals surface area contributed by atoms with Gasteiger partial charge in [-0.3, -0.25) is 0 Å². The minimum atomic E-state index is 0.837. The highest BCUT2D eigenvalue weighted by Crippen LogP contribution is 2.15. The van der Waals surface area contributed by atoms with Gasteiger partial charge in [-0.15, -0.1) is 0 Å². The predicted octanol–water partition coefficient (Wildman–Crippen LogP) is 2.52. The maximum Gasteiger partial charge on any atom is 0.227 e. The number of aryl methyl sites for hydroxylation is 1. The van der Waals surface area contributed by atoms with Crippen LogP contribution in [-0.4, -0.2) is 21.8 Å². The minimum absolute atomic E-state index is 0.837. The van der Waals surface area contributed by atoms with Crippen molar-refractivity contribution in [1.82, 2.24) is 14.8 Å². The van der Waals surface area contributed by atoms with Gasteiger partial charge < -0.3 is 4.90 Å². The number of hydrogen-bond donors (Lipinski definition) is 0. The SMILES string of the molecule is CCCc1ccc(CN(C)c2nnns2)cc1. The highest BCUT2D eigenvalue weighted by atomic mass is 32.1. The lowest BCUT2D eigenvalue weighted by Crippen LogP contribution is -2.16. The summed E-state index contributed by atoms with van der Waals surface area (Å²) in [4.78, 5) is 2.06. The normalized spacial score (nSPS) is 10.5. The molecule has 0 unspecified atom stereocenters. The second kappa shape index (κ2) is 5.72. The van der Waals surface area contributed by atoms with Crippen LogP contribution in [0.2, 0.25) is 0 Å². The van der Waals surface area contributed by atoms with Gasteiger partial charge in [0.1, 0.15) is 0 Å². The van der Waals surface area contributed by atoms with Crippen LogP contribution in [0.1, 0.15) is 24.5 Å². The lowest BCUT2D eigenvalue weighted by Gasteiger charge is -2.14. The summed E-state index contributed by atoms with van der Waals surface area (Å²) in [5, 5.41) is 8.39. The Morgan fingerprint density at radius 3 is 2.47 bits per heavy atom. The van der Waals surface area contributed by atoms with Gasteiger partial charge in [0, 0.05) is 25.1 Å². The summed E-state index contributed by atoms with van der Waals surface area (Å²) in [5.41, 5.74) is 2.68. The Balaban J connectivity index is 1.99. The number of aromatic nitrogens is 3. The van der Waals surface area contributed by atoms with Crippen LogP contribution in [0, 0.1) is 0 Å². The molecule has 0 atom stereocenters. The van der Waals surface area contributed by atoms with Crippen molar-refractivity contribution in [3.63, 3.8) is 0 Å². The van der Waals surface area contributed by atoms with Crippen LogP contribution < -0.4 is 4.90 Å². The molecule has 0 saturated carbocycles. The molecule has 0 N–H and O–H groups in total. The fourth-order valence-corrected chi connectivity index (χ4v) is 2.14. The summed E-state index contributed by atoms with van der Waals surface area (Å²) in [7, 11) is 2.00. The molecule has 17 heavy (non-hydrogen) atoms. The first-order valence-corrected chi connectivity index (χ1v) is 6.51. The van der Waals surface area contributed by atoms with E-state index in [0.717, 1.165) is 18.1 Å². The number of nitrogens with zero attached hydrogens (tertiary/aromatic N) is 4. The third-order valence-electron chi connectivity index (χ3n) is 2.60. The molecule has 1 aromatic heterocycles. The van der Waals surface area contributed by atoms with Crippen molar-refractivity contribution < 1.29 is 0 Å². The van der Waals surface area contributed by atoms with E-state index in [0.29, 0.717) is 0 Å². The van der Waals surface area contributed by atoms with Gasteiger partial charge in [0.25, 0.3) is 0 Å². The maximum atomic E-state index is 3.94. The van der Waals surface area contributed by atoms with E-state index < -0.39 is 0 Å². The molecule has 2 rings (SSSR count). The van der Waals surface area contributed by atoms with Gasteiger partial charge in [-0.1, -0.05) is 47.2 Å².